The van der Waals surface area contributed by atoms with Crippen molar-refractivity contribution < 1.29 is 4.74 Å². The van der Waals surface area contributed by atoms with Crippen LogP contribution in [0.5, 0.6) is 5.75 Å². The van der Waals surface area contributed by atoms with Crippen molar-refractivity contribution in [2.45, 2.75) is 6.92 Å². The van der Waals surface area contributed by atoms with Crippen LogP contribution >= 0.6 is 11.6 Å². The molecule has 0 saturated carbocycles. The van der Waals surface area contributed by atoms with Crippen LogP contribution in [-0.2, 0) is 0 Å². The van der Waals surface area contributed by atoms with Gasteiger partial charge in [0.15, 0.2) is 0 Å². The maximum atomic E-state index is 5.83. The number of nitrogens with zero attached hydrogens (tertiary/aromatic N) is 2. The Balaban J connectivity index is 2.46. The molecule has 3 nitrogen and oxygen atoms in total. The first-order chi connectivity index (χ1) is 7.81. The van der Waals surface area contributed by atoms with Gasteiger partial charge >= 0.3 is 0 Å². The minimum Gasteiger partial charge on any atom is -0.493 e. The van der Waals surface area contributed by atoms with E-state index in [0.717, 1.165) is 17.0 Å². The van der Waals surface area contributed by atoms with Gasteiger partial charge in [-0.3, -0.25) is 0 Å². The highest BCUT2D eigenvalue weighted by molar-refractivity contribution is 6.29. The second-order valence-electron chi connectivity index (χ2n) is 3.16. The Morgan fingerprint density at radius 2 is 2.06 bits per heavy atom. The molecule has 1 heterocycles. The van der Waals surface area contributed by atoms with E-state index >= 15 is 0 Å². The third-order valence-corrected chi connectivity index (χ3v) is 2.30. The van der Waals surface area contributed by atoms with Gasteiger partial charge in [0.05, 0.1) is 12.3 Å². The summed E-state index contributed by atoms with van der Waals surface area (Å²) in [5.41, 5.74) is 1.69. The lowest BCUT2D eigenvalue weighted by molar-refractivity contribution is 0.341. The molecule has 1 aromatic heterocycles. The van der Waals surface area contributed by atoms with E-state index in [4.69, 9.17) is 16.3 Å². The molecular formula is C12H11ClN2O. The highest BCUT2D eigenvalue weighted by atomic mass is 35.5. The molecule has 0 aliphatic heterocycles. The van der Waals surface area contributed by atoms with Crippen LogP contribution in [0, 0.1) is 0 Å². The number of aromatic nitrogens is 2. The molecule has 0 fully saturated rings. The zero-order valence-corrected chi connectivity index (χ0v) is 9.61. The molecule has 2 aromatic rings. The number of para-hydroxylation sites is 1. The minimum atomic E-state index is 0.427. The van der Waals surface area contributed by atoms with Crippen LogP contribution in [0.3, 0.4) is 0 Å². The number of benzene rings is 1. The van der Waals surface area contributed by atoms with Gasteiger partial charge in [-0.25, -0.2) is 9.97 Å². The van der Waals surface area contributed by atoms with Gasteiger partial charge in [-0.1, -0.05) is 23.7 Å². The van der Waals surface area contributed by atoms with E-state index in [1.165, 1.54) is 6.33 Å². The molecule has 0 aliphatic carbocycles. The van der Waals surface area contributed by atoms with Gasteiger partial charge in [0.2, 0.25) is 0 Å². The molecule has 0 aliphatic rings. The van der Waals surface area contributed by atoms with Crippen LogP contribution in [0.25, 0.3) is 11.3 Å². The van der Waals surface area contributed by atoms with Crippen LogP contribution in [0.2, 0.25) is 5.15 Å². The minimum absolute atomic E-state index is 0.427. The first kappa shape index (κ1) is 10.9. The highest BCUT2D eigenvalue weighted by Crippen LogP contribution is 2.28. The average molecular weight is 235 g/mol. The van der Waals surface area contributed by atoms with Crippen molar-refractivity contribution in [2.75, 3.05) is 6.61 Å². The molecule has 0 atom stereocenters. The Hall–Kier alpha value is -1.61. The maximum Gasteiger partial charge on any atom is 0.133 e. The Kier molecular flexibility index (Phi) is 3.37. The Bertz CT molecular complexity index is 488. The molecule has 0 saturated heterocycles. The largest absolute Gasteiger partial charge is 0.493 e. The zero-order chi connectivity index (χ0) is 11.4. The molecule has 4 heteroatoms. The van der Waals surface area contributed by atoms with Gasteiger partial charge in [-0.05, 0) is 19.1 Å². The van der Waals surface area contributed by atoms with Crippen molar-refractivity contribution in [1.29, 1.82) is 0 Å². The number of ether oxygens (including phenoxy) is 1. The van der Waals surface area contributed by atoms with Crippen molar-refractivity contribution in [3.63, 3.8) is 0 Å². The molecule has 0 spiro atoms. The molecular weight excluding hydrogens is 224 g/mol. The van der Waals surface area contributed by atoms with E-state index in [-0.39, 0.29) is 0 Å². The van der Waals surface area contributed by atoms with E-state index in [2.05, 4.69) is 9.97 Å². The summed E-state index contributed by atoms with van der Waals surface area (Å²) in [6, 6.07) is 9.45. The van der Waals surface area contributed by atoms with E-state index in [1.54, 1.807) is 6.07 Å². The van der Waals surface area contributed by atoms with Gasteiger partial charge in [0.25, 0.3) is 0 Å². The molecule has 0 bridgehead atoms. The van der Waals surface area contributed by atoms with Gasteiger partial charge in [-0.15, -0.1) is 0 Å². The Morgan fingerprint density at radius 3 is 2.81 bits per heavy atom. The van der Waals surface area contributed by atoms with E-state index < -0.39 is 0 Å². The van der Waals surface area contributed by atoms with Gasteiger partial charge in [0.1, 0.15) is 17.2 Å². The Morgan fingerprint density at radius 1 is 1.25 bits per heavy atom. The number of hydrogen-bond acceptors (Lipinski definition) is 3. The summed E-state index contributed by atoms with van der Waals surface area (Å²) in [6.07, 6.45) is 1.44. The second kappa shape index (κ2) is 4.94. The van der Waals surface area contributed by atoms with Crippen LogP contribution in [-0.4, -0.2) is 16.6 Å². The summed E-state index contributed by atoms with van der Waals surface area (Å²) in [5, 5.41) is 0.427. The van der Waals surface area contributed by atoms with Crippen molar-refractivity contribution in [2.24, 2.45) is 0 Å². The first-order valence-electron chi connectivity index (χ1n) is 5.01. The summed E-state index contributed by atoms with van der Waals surface area (Å²) in [4.78, 5) is 8.03. The number of halogens is 1. The summed E-state index contributed by atoms with van der Waals surface area (Å²) < 4.78 is 5.53. The van der Waals surface area contributed by atoms with Crippen molar-refractivity contribution >= 4 is 11.6 Å². The predicted octanol–water partition coefficient (Wildman–Crippen LogP) is 3.20. The maximum absolute atomic E-state index is 5.83. The molecule has 1 aromatic carbocycles. The predicted molar refractivity (Wildman–Crippen MR) is 63.6 cm³/mol. The van der Waals surface area contributed by atoms with Gasteiger partial charge < -0.3 is 4.74 Å². The number of hydrogen-bond donors (Lipinski definition) is 0. The topological polar surface area (TPSA) is 35.0 Å². The lowest BCUT2D eigenvalue weighted by atomic mass is 10.1. The monoisotopic (exact) mass is 234 g/mol. The molecule has 0 radical (unpaired) electrons. The Labute approximate surface area is 99.1 Å². The summed E-state index contributed by atoms with van der Waals surface area (Å²) in [5.74, 6) is 0.805. The van der Waals surface area contributed by atoms with Crippen LogP contribution < -0.4 is 4.74 Å². The molecule has 16 heavy (non-hydrogen) atoms. The third kappa shape index (κ3) is 2.31. The van der Waals surface area contributed by atoms with Crippen molar-refractivity contribution in [1.82, 2.24) is 9.97 Å². The number of rotatable bonds is 3. The lowest BCUT2D eigenvalue weighted by Crippen LogP contribution is -1.95. The van der Waals surface area contributed by atoms with Crippen LogP contribution in [0.4, 0.5) is 0 Å². The first-order valence-corrected chi connectivity index (χ1v) is 5.39. The summed E-state index contributed by atoms with van der Waals surface area (Å²) in [7, 11) is 0. The fourth-order valence-corrected chi connectivity index (χ4v) is 1.59. The molecule has 2 rings (SSSR count). The standard InChI is InChI=1S/C12H11ClN2O/c1-2-16-11-6-4-3-5-9(11)10-7-12(13)15-8-14-10/h3-8H,2H2,1H3. The molecule has 0 amide bonds. The highest BCUT2D eigenvalue weighted by Gasteiger charge is 2.06. The van der Waals surface area contributed by atoms with Crippen LogP contribution in [0.15, 0.2) is 36.7 Å². The van der Waals surface area contributed by atoms with Crippen molar-refractivity contribution in [3.05, 3.63) is 41.8 Å². The van der Waals surface area contributed by atoms with Gasteiger partial charge in [-0.2, -0.15) is 0 Å². The lowest BCUT2D eigenvalue weighted by Gasteiger charge is -2.08. The fourth-order valence-electron chi connectivity index (χ4n) is 1.44. The van der Waals surface area contributed by atoms with E-state index in [1.807, 2.05) is 31.2 Å². The second-order valence-corrected chi connectivity index (χ2v) is 3.54. The molecule has 0 N–H and O–H groups in total. The van der Waals surface area contributed by atoms with E-state index in [0.29, 0.717) is 11.8 Å². The normalized spacial score (nSPS) is 10.1. The van der Waals surface area contributed by atoms with Crippen LogP contribution in [0.1, 0.15) is 6.92 Å². The van der Waals surface area contributed by atoms with Gasteiger partial charge in [0, 0.05) is 11.6 Å². The smallest absolute Gasteiger partial charge is 0.133 e. The summed E-state index contributed by atoms with van der Waals surface area (Å²) >= 11 is 5.83. The quantitative estimate of drug-likeness (QED) is 0.765. The average Bonchev–Trinajstić information content (AvgIpc) is 2.30. The molecule has 82 valence electrons. The third-order valence-electron chi connectivity index (χ3n) is 2.10. The molecule has 0 unspecified atom stereocenters. The SMILES string of the molecule is CCOc1ccccc1-c1cc(Cl)ncn1. The van der Waals surface area contributed by atoms with Crippen molar-refractivity contribution in [3.8, 4) is 17.0 Å². The summed E-state index contributed by atoms with van der Waals surface area (Å²) in [6.45, 7) is 2.57. The van der Waals surface area contributed by atoms with E-state index in [9.17, 15) is 0 Å². The zero-order valence-electron chi connectivity index (χ0n) is 8.85. The fraction of sp³-hybridized carbons (Fsp3) is 0.167.